The second-order valence-corrected chi connectivity index (χ2v) is 7.48. The lowest BCUT2D eigenvalue weighted by atomic mass is 9.98. The molecule has 1 saturated heterocycles. The molecule has 0 aliphatic carbocycles. The molecule has 1 aliphatic heterocycles. The van der Waals surface area contributed by atoms with E-state index in [4.69, 9.17) is 11.6 Å². The van der Waals surface area contributed by atoms with Crippen molar-refractivity contribution in [2.45, 2.75) is 38.3 Å². The third-order valence-electron chi connectivity index (χ3n) is 4.13. The highest BCUT2D eigenvalue weighted by Crippen LogP contribution is 2.36. The molecule has 1 aromatic heterocycles. The van der Waals surface area contributed by atoms with Crippen LogP contribution >= 0.6 is 22.9 Å². The van der Waals surface area contributed by atoms with Gasteiger partial charge in [-0.3, -0.25) is 4.90 Å². The average molecular weight is 310 g/mol. The Morgan fingerprint density at radius 3 is 2.90 bits per heavy atom. The van der Waals surface area contributed by atoms with Crippen LogP contribution in [-0.4, -0.2) is 28.7 Å². The SMILES string of the molecule is CC1(O)CCCN(Cc2sc3ccccc3c2Cl)CC1. The maximum Gasteiger partial charge on any atom is 0.0637 e. The maximum atomic E-state index is 10.2. The first kappa shape index (κ1) is 14.3. The average Bonchev–Trinajstić information content (AvgIpc) is 2.62. The number of thiophene rings is 1. The summed E-state index contributed by atoms with van der Waals surface area (Å²) in [6.45, 7) is 4.83. The number of halogens is 1. The van der Waals surface area contributed by atoms with Gasteiger partial charge in [0.2, 0.25) is 0 Å². The molecule has 2 nitrogen and oxygen atoms in total. The smallest absolute Gasteiger partial charge is 0.0637 e. The molecule has 0 bridgehead atoms. The molecule has 20 heavy (non-hydrogen) atoms. The van der Waals surface area contributed by atoms with E-state index in [0.29, 0.717) is 0 Å². The van der Waals surface area contributed by atoms with E-state index in [-0.39, 0.29) is 0 Å². The summed E-state index contributed by atoms with van der Waals surface area (Å²) < 4.78 is 1.26. The van der Waals surface area contributed by atoms with Gasteiger partial charge in [-0.25, -0.2) is 0 Å². The van der Waals surface area contributed by atoms with E-state index < -0.39 is 5.60 Å². The zero-order valence-corrected chi connectivity index (χ0v) is 13.3. The summed E-state index contributed by atoms with van der Waals surface area (Å²) in [6, 6.07) is 8.31. The van der Waals surface area contributed by atoms with Gasteiger partial charge in [0.1, 0.15) is 0 Å². The Labute approximate surface area is 129 Å². The van der Waals surface area contributed by atoms with Crippen molar-refractivity contribution in [1.82, 2.24) is 4.90 Å². The van der Waals surface area contributed by atoms with E-state index in [1.807, 2.05) is 13.0 Å². The Bertz CT molecular complexity index is 608. The molecule has 1 fully saturated rings. The molecule has 1 aliphatic rings. The van der Waals surface area contributed by atoms with E-state index in [0.717, 1.165) is 49.3 Å². The van der Waals surface area contributed by atoms with Crippen LogP contribution in [0.25, 0.3) is 10.1 Å². The van der Waals surface area contributed by atoms with Crippen LogP contribution in [0.5, 0.6) is 0 Å². The van der Waals surface area contributed by atoms with Crippen molar-refractivity contribution < 1.29 is 5.11 Å². The first-order chi connectivity index (χ1) is 9.55. The molecule has 0 saturated carbocycles. The Morgan fingerprint density at radius 2 is 2.10 bits per heavy atom. The minimum absolute atomic E-state index is 0.501. The third-order valence-corrected chi connectivity index (χ3v) is 5.82. The van der Waals surface area contributed by atoms with Gasteiger partial charge in [0.05, 0.1) is 10.6 Å². The standard InChI is InChI=1S/C16H20ClNOS/c1-16(19)7-4-9-18(10-8-16)11-14-15(17)12-5-2-3-6-13(12)20-14/h2-3,5-6,19H,4,7-11H2,1H3. The quantitative estimate of drug-likeness (QED) is 0.894. The summed E-state index contributed by atoms with van der Waals surface area (Å²) in [5, 5.41) is 12.2. The van der Waals surface area contributed by atoms with Crippen molar-refractivity contribution in [3.63, 3.8) is 0 Å². The Morgan fingerprint density at radius 1 is 1.30 bits per heavy atom. The molecule has 2 heterocycles. The highest BCUT2D eigenvalue weighted by Gasteiger charge is 2.25. The molecule has 108 valence electrons. The first-order valence-corrected chi connectivity index (χ1v) is 8.35. The van der Waals surface area contributed by atoms with Crippen LogP contribution in [0, 0.1) is 0 Å². The number of hydrogen-bond acceptors (Lipinski definition) is 3. The van der Waals surface area contributed by atoms with Crippen LogP contribution in [0.15, 0.2) is 24.3 Å². The molecule has 0 amide bonds. The zero-order chi connectivity index (χ0) is 14.2. The maximum absolute atomic E-state index is 10.2. The van der Waals surface area contributed by atoms with Crippen molar-refractivity contribution >= 4 is 33.0 Å². The van der Waals surface area contributed by atoms with Gasteiger partial charge in [-0.05, 0) is 38.8 Å². The monoisotopic (exact) mass is 309 g/mol. The van der Waals surface area contributed by atoms with Crippen LogP contribution in [0.1, 0.15) is 31.1 Å². The van der Waals surface area contributed by atoms with Crippen molar-refractivity contribution in [2.24, 2.45) is 0 Å². The summed E-state index contributed by atoms with van der Waals surface area (Å²) >= 11 is 8.30. The number of fused-ring (bicyclic) bond motifs is 1. The van der Waals surface area contributed by atoms with E-state index in [1.54, 1.807) is 11.3 Å². The van der Waals surface area contributed by atoms with E-state index >= 15 is 0 Å². The molecular weight excluding hydrogens is 290 g/mol. The van der Waals surface area contributed by atoms with Crippen LogP contribution < -0.4 is 0 Å². The lowest BCUT2D eigenvalue weighted by Gasteiger charge is -2.22. The highest BCUT2D eigenvalue weighted by molar-refractivity contribution is 7.19. The Balaban J connectivity index is 1.78. The van der Waals surface area contributed by atoms with Crippen molar-refractivity contribution in [3.05, 3.63) is 34.2 Å². The molecule has 1 unspecified atom stereocenters. The summed E-state index contributed by atoms with van der Waals surface area (Å²) in [4.78, 5) is 3.66. The fraction of sp³-hybridized carbons (Fsp3) is 0.500. The third kappa shape index (κ3) is 3.01. The summed E-state index contributed by atoms with van der Waals surface area (Å²) in [6.07, 6.45) is 2.79. The van der Waals surface area contributed by atoms with Crippen molar-refractivity contribution in [1.29, 1.82) is 0 Å². The molecule has 1 aromatic carbocycles. The lowest BCUT2D eigenvalue weighted by Crippen LogP contribution is -2.28. The van der Waals surface area contributed by atoms with Gasteiger partial charge in [0.15, 0.2) is 0 Å². The topological polar surface area (TPSA) is 23.5 Å². The summed E-state index contributed by atoms with van der Waals surface area (Å²) in [5.74, 6) is 0. The normalized spacial score (nSPS) is 24.9. The lowest BCUT2D eigenvalue weighted by molar-refractivity contribution is 0.0444. The van der Waals surface area contributed by atoms with Gasteiger partial charge in [-0.1, -0.05) is 29.8 Å². The van der Waals surface area contributed by atoms with Crippen LogP contribution in [-0.2, 0) is 6.54 Å². The molecule has 0 spiro atoms. The Kier molecular flexibility index (Phi) is 4.04. The minimum Gasteiger partial charge on any atom is -0.390 e. The van der Waals surface area contributed by atoms with Gasteiger partial charge in [-0.15, -0.1) is 11.3 Å². The largest absolute Gasteiger partial charge is 0.390 e. The minimum atomic E-state index is -0.501. The fourth-order valence-electron chi connectivity index (χ4n) is 2.85. The van der Waals surface area contributed by atoms with Crippen molar-refractivity contribution in [3.8, 4) is 0 Å². The molecule has 4 heteroatoms. The van der Waals surface area contributed by atoms with Gasteiger partial charge < -0.3 is 5.11 Å². The van der Waals surface area contributed by atoms with E-state index in [1.165, 1.54) is 9.58 Å². The number of hydrogen-bond donors (Lipinski definition) is 1. The van der Waals surface area contributed by atoms with Crippen LogP contribution in [0.4, 0.5) is 0 Å². The molecule has 2 aromatic rings. The fourth-order valence-corrected chi connectivity index (χ4v) is 4.38. The highest BCUT2D eigenvalue weighted by atomic mass is 35.5. The van der Waals surface area contributed by atoms with Crippen LogP contribution in [0.3, 0.4) is 0 Å². The van der Waals surface area contributed by atoms with Gasteiger partial charge in [0.25, 0.3) is 0 Å². The molecule has 0 radical (unpaired) electrons. The van der Waals surface area contributed by atoms with Gasteiger partial charge in [-0.2, -0.15) is 0 Å². The first-order valence-electron chi connectivity index (χ1n) is 7.16. The Hall–Kier alpha value is -0.610. The predicted molar refractivity (Wildman–Crippen MR) is 86.6 cm³/mol. The molecule has 1 atom stereocenters. The summed E-state index contributed by atoms with van der Waals surface area (Å²) in [7, 11) is 0. The zero-order valence-electron chi connectivity index (χ0n) is 11.7. The van der Waals surface area contributed by atoms with Gasteiger partial charge in [0, 0.05) is 28.1 Å². The molecular formula is C16H20ClNOS. The number of rotatable bonds is 2. The van der Waals surface area contributed by atoms with Crippen molar-refractivity contribution in [2.75, 3.05) is 13.1 Å². The number of likely N-dealkylation sites (tertiary alicyclic amines) is 1. The summed E-state index contributed by atoms with van der Waals surface area (Å²) in [5.41, 5.74) is -0.501. The second kappa shape index (κ2) is 5.64. The van der Waals surface area contributed by atoms with E-state index in [2.05, 4.69) is 23.1 Å². The van der Waals surface area contributed by atoms with Gasteiger partial charge >= 0.3 is 0 Å². The van der Waals surface area contributed by atoms with E-state index in [9.17, 15) is 5.11 Å². The number of nitrogens with zero attached hydrogens (tertiary/aromatic N) is 1. The molecule has 1 N–H and O–H groups in total. The molecule has 3 rings (SSSR count). The van der Waals surface area contributed by atoms with Crippen LogP contribution in [0.2, 0.25) is 5.02 Å². The second-order valence-electron chi connectivity index (χ2n) is 5.96. The number of aliphatic hydroxyl groups is 1. The number of benzene rings is 1. The predicted octanol–water partition coefficient (Wildman–Crippen LogP) is 4.29.